The van der Waals surface area contributed by atoms with Crippen molar-refractivity contribution in [3.05, 3.63) is 191 Å². The number of rotatable bonds is 4. The van der Waals surface area contributed by atoms with Crippen LogP contribution in [0, 0.1) is 86.3 Å². The van der Waals surface area contributed by atoms with E-state index < -0.39 is 41.0 Å². The summed E-state index contributed by atoms with van der Waals surface area (Å²) in [6.07, 6.45) is 26.0. The van der Waals surface area contributed by atoms with Gasteiger partial charge in [0.05, 0.1) is 45.6 Å². The predicted octanol–water partition coefficient (Wildman–Crippen LogP) is -6.19. The monoisotopic (exact) mass is 1560 g/mol. The third-order valence-corrected chi connectivity index (χ3v) is 21.1. The molecule has 6 N–H and O–H groups in total. The Morgan fingerprint density at radius 2 is 0.446 bits per heavy atom. The van der Waals surface area contributed by atoms with Gasteiger partial charge in [0, 0.05) is 49.6 Å². The maximum atomic E-state index is 8.49. The molecule has 12 aliphatic carbocycles. The molecule has 8 aromatic heterocycles. The summed E-state index contributed by atoms with van der Waals surface area (Å²) >= 11 is 0. The van der Waals surface area contributed by atoms with Gasteiger partial charge in [0.1, 0.15) is 0 Å². The third kappa shape index (κ3) is 22.3. The van der Waals surface area contributed by atoms with Crippen LogP contribution in [0.5, 0.6) is 0 Å². The van der Waals surface area contributed by atoms with E-state index in [2.05, 4.69) is 144 Å². The summed E-state index contributed by atoms with van der Waals surface area (Å²) in [7, 11) is -19.8. The van der Waals surface area contributed by atoms with Crippen molar-refractivity contribution in [3.8, 4) is 45.6 Å². The van der Waals surface area contributed by atoms with Crippen molar-refractivity contribution in [3.63, 3.8) is 0 Å². The molecule has 12 aliphatic rings. The van der Waals surface area contributed by atoms with Crippen molar-refractivity contribution in [1.82, 2.24) is 39.9 Å². The summed E-state index contributed by atoms with van der Waals surface area (Å²) in [5, 5.41) is 0. The smallest absolute Gasteiger partial charge is 0.412 e. The van der Waals surface area contributed by atoms with Gasteiger partial charge in [0.25, 0.3) is 0 Å². The van der Waals surface area contributed by atoms with Crippen molar-refractivity contribution in [2.75, 3.05) is 0 Å². The maximum absolute atomic E-state index is 8.49. The largest absolute Gasteiger partial charge is 2.00 e. The van der Waals surface area contributed by atoms with Crippen LogP contribution in [0.15, 0.2) is 147 Å². The Hall–Kier alpha value is -5.36. The fraction of sp³-hybridized carbons (Fsp3) is 0.412. The van der Waals surface area contributed by atoms with Gasteiger partial charge in [0.15, 0.2) is 0 Å². The molecule has 4 fully saturated rings. The molecule has 0 aromatic carbocycles. The Morgan fingerprint density at radius 1 is 0.277 bits per heavy atom. The second-order valence-corrected chi connectivity index (χ2v) is 30.5. The van der Waals surface area contributed by atoms with E-state index in [-0.39, 0.29) is 50.6 Å². The van der Waals surface area contributed by atoms with Crippen LogP contribution < -0.4 is 74.5 Å². The van der Waals surface area contributed by atoms with Gasteiger partial charge in [-0.05, 0) is 238 Å². The summed E-state index contributed by atoms with van der Waals surface area (Å²) in [5.41, 5.74) is 21.7. The topological polar surface area (TPSA) is 567 Å². The predicted molar refractivity (Wildman–Crippen MR) is 314 cm³/mol. The number of pyridine rings is 8. The molecule has 0 amide bonds. The van der Waals surface area contributed by atoms with Crippen LogP contribution in [-0.4, -0.2) is 56.3 Å². The first-order chi connectivity index (χ1) is 44.6. The molecule has 0 spiro atoms. The van der Waals surface area contributed by atoms with E-state index in [0.29, 0.717) is 45.3 Å². The quantitative estimate of drug-likeness (QED) is 0.148. The number of aromatic nitrogens is 8. The van der Waals surface area contributed by atoms with Crippen LogP contribution in [0.4, 0.5) is 0 Å². The molecule has 20 rings (SSSR count). The molecular weight excluding hydrogens is 1490 g/mol. The molecule has 0 radical (unpaired) electrons. The summed E-state index contributed by atoms with van der Waals surface area (Å²) in [5.74, 6) is 6.26. The first-order valence-electron chi connectivity index (χ1n) is 30.7. The Labute approximate surface area is 614 Å². The Kier molecular flexibility index (Phi) is 30.2. The molecule has 8 atom stereocenters. The second kappa shape index (κ2) is 34.7. The Bertz CT molecular complexity index is 3430. The van der Waals surface area contributed by atoms with Gasteiger partial charge in [-0.25, -0.2) is 74.5 Å². The minimum Gasteiger partial charge on any atom is -0.412 e. The average Bonchev–Trinajstić information content (AvgIpc) is 0.742. The molecule has 0 aliphatic heterocycles. The van der Waals surface area contributed by atoms with Gasteiger partial charge < -0.3 is 16.4 Å². The molecule has 8 bridgehead atoms. The summed E-state index contributed by atoms with van der Waals surface area (Å²) < 4.78 is 136. The van der Waals surface area contributed by atoms with E-state index in [1.807, 2.05) is 97.6 Å². The first kappa shape index (κ1) is 88.0. The molecule has 0 saturated heterocycles. The van der Waals surface area contributed by atoms with E-state index in [0.717, 1.165) is 69.2 Å². The number of nitrogens with zero attached hydrogens (tertiary/aromatic N) is 8. The fourth-order valence-corrected chi connectivity index (χ4v) is 15.2. The zero-order chi connectivity index (χ0) is 70.1. The molecule has 27 nitrogen and oxygen atoms in total. The normalized spacial score (nSPS) is 22.3. The first-order valence-corrected chi connectivity index (χ1v) is 35.7. The van der Waals surface area contributed by atoms with E-state index in [4.69, 9.17) is 74.5 Å². The van der Waals surface area contributed by atoms with Crippen LogP contribution in [0.25, 0.3) is 45.6 Å². The maximum Gasteiger partial charge on any atom is 2.00 e. The summed E-state index contributed by atoms with van der Waals surface area (Å²) in [4.78, 5) is 36.1. The summed E-state index contributed by atoms with van der Waals surface area (Å²) in [6, 6.07) is 33.0. The second-order valence-electron chi connectivity index (χ2n) is 27.5. The van der Waals surface area contributed by atoms with Gasteiger partial charge in [-0.2, -0.15) is 0 Å². The fourth-order valence-electron chi connectivity index (χ4n) is 15.2. The van der Waals surface area contributed by atoms with Crippen molar-refractivity contribution < 1.29 is 166 Å². The minimum atomic E-state index is -4.94. The molecule has 4 saturated carbocycles. The van der Waals surface area contributed by atoms with Gasteiger partial charge in [-0.3, -0.25) is 39.9 Å². The van der Waals surface area contributed by atoms with Gasteiger partial charge in [-0.15, -0.1) is 41.0 Å². The van der Waals surface area contributed by atoms with E-state index in [1.54, 1.807) is 0 Å². The van der Waals surface area contributed by atoms with E-state index >= 15 is 0 Å². The molecule has 8 heterocycles. The van der Waals surface area contributed by atoms with Gasteiger partial charge in [-0.1, -0.05) is 79.7 Å². The average molecular weight is 1560 g/mol. The zero-order valence-corrected chi connectivity index (χ0v) is 61.2. The van der Waals surface area contributed by atoms with Gasteiger partial charge in [0.2, 0.25) is 0 Å². The number of hydrogen-bond donors (Lipinski definition) is 0. The zero-order valence-electron chi connectivity index (χ0n) is 56.0. The van der Waals surface area contributed by atoms with Crippen LogP contribution >= 0.6 is 0 Å². The van der Waals surface area contributed by atoms with Crippen molar-refractivity contribution in [2.24, 2.45) is 45.3 Å². The van der Waals surface area contributed by atoms with E-state index in [9.17, 15) is 0 Å². The minimum absolute atomic E-state index is 0. The molecule has 8 aromatic rings. The van der Waals surface area contributed by atoms with Crippen LogP contribution in [-0.2, 0) is 59.8 Å². The van der Waals surface area contributed by atoms with Crippen LogP contribution in [0.2, 0.25) is 0 Å². The van der Waals surface area contributed by atoms with Gasteiger partial charge >= 0.3 is 34.1 Å². The number of halogens is 4. The van der Waals surface area contributed by atoms with Crippen molar-refractivity contribution in [2.45, 2.75) is 130 Å². The van der Waals surface area contributed by atoms with Crippen LogP contribution in [0.3, 0.4) is 0 Å². The Morgan fingerprint density at radius 3 is 0.584 bits per heavy atom. The molecule has 548 valence electrons. The standard InChI is InChI=1S/4C17H18N2.4ClHO4.2Fe.3H2O/c4*1-17(2)12-7-11-8-16(15-5-3-4-6-18-15)19-10-13(11)14(17)9-12;4*2-1(3,4)5;;;;;/h4*3-6,8,10,12,14H,7,9H2,1-2H3;4*(H,2,3,4,5);;;3*1H2/q;;;;;;;;2*+2;;;/p-4/t4*12-,14-;;;;;;;;;/m0000........./s1. The SMILES string of the molecule is CC1(C)[C@H]2Cc3cc(-c4ccccn4)ncc3[C@@H]1C2.CC1(C)[C@H]2Cc3cc(-c4ccccn4)ncc3[C@@H]1C2.CC1(C)[C@H]2Cc3cc(-c4ccccn4)ncc3[C@@H]1C2.CC1(C)[C@H]2Cc3cc(-c4ccccn4)ncc3[C@@H]1C2.O.O.O.[Fe+2].[Fe+2].[O-][Cl+3]([O-])([O-])[O-].[O-][Cl+3]([O-])([O-])[O-].[O-][Cl+3]([O-])([O-])[O-].[O-][Cl+3]([O-])([O-])[O-]. The van der Waals surface area contributed by atoms with Crippen LogP contribution in [0.1, 0.15) is 149 Å². The third-order valence-electron chi connectivity index (χ3n) is 21.1. The molecular formula is C68H78Cl4Fe2N8O19. The van der Waals surface area contributed by atoms with Crippen molar-refractivity contribution >= 4 is 0 Å². The molecule has 101 heavy (non-hydrogen) atoms. The van der Waals surface area contributed by atoms with E-state index in [1.165, 1.54) is 95.9 Å². The summed E-state index contributed by atoms with van der Waals surface area (Å²) in [6.45, 7) is 19.2. The molecule has 33 heteroatoms. The molecule has 0 unspecified atom stereocenters. The van der Waals surface area contributed by atoms with Crippen molar-refractivity contribution in [1.29, 1.82) is 0 Å². The number of hydrogen-bond acceptors (Lipinski definition) is 24. The Balaban J connectivity index is 0.000000258.